The van der Waals surface area contributed by atoms with E-state index < -0.39 is 0 Å². The van der Waals surface area contributed by atoms with Crippen molar-refractivity contribution in [3.8, 4) is 0 Å². The topological polar surface area (TPSA) is 29.6 Å². The van der Waals surface area contributed by atoms with Crippen molar-refractivity contribution in [2.75, 3.05) is 0 Å². The van der Waals surface area contributed by atoms with E-state index in [9.17, 15) is 4.79 Å². The highest BCUT2D eigenvalue weighted by molar-refractivity contribution is 5.49. The SMILES string of the molecule is CC1(C)C2CC3OC3(CCC=O)C1C2. The maximum Gasteiger partial charge on any atom is 0.120 e. The summed E-state index contributed by atoms with van der Waals surface area (Å²) in [5, 5.41) is 0. The van der Waals surface area contributed by atoms with Gasteiger partial charge in [0.2, 0.25) is 0 Å². The van der Waals surface area contributed by atoms with Gasteiger partial charge in [0.25, 0.3) is 0 Å². The summed E-state index contributed by atoms with van der Waals surface area (Å²) in [6.07, 6.45) is 5.74. The van der Waals surface area contributed by atoms with E-state index in [1.165, 1.54) is 12.8 Å². The van der Waals surface area contributed by atoms with Crippen molar-refractivity contribution in [1.29, 1.82) is 0 Å². The van der Waals surface area contributed by atoms with Gasteiger partial charge in [0.15, 0.2) is 0 Å². The molecule has 3 saturated carbocycles. The Morgan fingerprint density at radius 2 is 2.21 bits per heavy atom. The molecular formula is C12H18O2. The number of hydrogen-bond donors (Lipinski definition) is 0. The summed E-state index contributed by atoms with van der Waals surface area (Å²) in [6, 6.07) is 0. The third-order valence-corrected chi connectivity index (χ3v) is 5.06. The normalized spacial score (nSPS) is 51.7. The van der Waals surface area contributed by atoms with Crippen LogP contribution in [0.2, 0.25) is 0 Å². The van der Waals surface area contributed by atoms with Crippen molar-refractivity contribution in [3.05, 3.63) is 0 Å². The maximum absolute atomic E-state index is 10.4. The van der Waals surface area contributed by atoms with E-state index >= 15 is 0 Å². The van der Waals surface area contributed by atoms with E-state index in [2.05, 4.69) is 13.8 Å². The van der Waals surface area contributed by atoms with Crippen molar-refractivity contribution in [2.45, 2.75) is 51.2 Å². The summed E-state index contributed by atoms with van der Waals surface area (Å²) >= 11 is 0. The molecule has 0 aromatic heterocycles. The molecule has 3 aliphatic carbocycles. The first-order valence-electron chi connectivity index (χ1n) is 5.73. The smallest absolute Gasteiger partial charge is 0.120 e. The minimum atomic E-state index is 0.124. The molecule has 1 heterocycles. The molecule has 4 aliphatic rings. The number of rotatable bonds is 3. The Hall–Kier alpha value is -0.370. The number of carbonyl (C=O) groups is 1. The Balaban J connectivity index is 1.80. The first-order chi connectivity index (χ1) is 6.61. The standard InChI is InChI=1S/C12H18O2/c1-11(2)8-6-9(11)12(4-3-5-13)10(7-8)14-12/h5,8-10H,3-4,6-7H2,1-2H3. The van der Waals surface area contributed by atoms with Gasteiger partial charge in [-0.25, -0.2) is 0 Å². The average molecular weight is 194 g/mol. The van der Waals surface area contributed by atoms with Gasteiger partial charge in [-0.2, -0.15) is 0 Å². The number of hydrogen-bond acceptors (Lipinski definition) is 2. The molecule has 4 unspecified atom stereocenters. The highest BCUT2D eigenvalue weighted by atomic mass is 16.6. The summed E-state index contributed by atoms with van der Waals surface area (Å²) in [4.78, 5) is 10.4. The fourth-order valence-corrected chi connectivity index (χ4v) is 3.97. The first kappa shape index (κ1) is 8.90. The van der Waals surface area contributed by atoms with Crippen molar-refractivity contribution in [1.82, 2.24) is 0 Å². The molecule has 1 saturated heterocycles. The van der Waals surface area contributed by atoms with Crippen LogP contribution in [-0.2, 0) is 9.53 Å². The molecule has 0 aromatic carbocycles. The molecule has 2 heteroatoms. The maximum atomic E-state index is 10.4. The van der Waals surface area contributed by atoms with E-state index in [1.807, 2.05) is 0 Å². The van der Waals surface area contributed by atoms with E-state index in [4.69, 9.17) is 4.74 Å². The second kappa shape index (κ2) is 2.41. The molecule has 0 aromatic rings. The van der Waals surface area contributed by atoms with Gasteiger partial charge in [-0.1, -0.05) is 13.8 Å². The van der Waals surface area contributed by atoms with Crippen molar-refractivity contribution < 1.29 is 9.53 Å². The first-order valence-corrected chi connectivity index (χ1v) is 5.73. The molecule has 0 amide bonds. The van der Waals surface area contributed by atoms with E-state index in [1.54, 1.807) is 0 Å². The second-order valence-corrected chi connectivity index (χ2v) is 5.81. The highest BCUT2D eigenvalue weighted by Gasteiger charge is 2.74. The lowest BCUT2D eigenvalue weighted by Crippen LogP contribution is -2.57. The molecule has 4 atom stereocenters. The monoisotopic (exact) mass is 194 g/mol. The van der Waals surface area contributed by atoms with Gasteiger partial charge >= 0.3 is 0 Å². The van der Waals surface area contributed by atoms with Crippen LogP contribution in [0.5, 0.6) is 0 Å². The fourth-order valence-electron chi connectivity index (χ4n) is 3.97. The van der Waals surface area contributed by atoms with E-state index in [-0.39, 0.29) is 5.60 Å². The molecule has 4 rings (SSSR count). The molecular weight excluding hydrogens is 176 g/mol. The van der Waals surface area contributed by atoms with Crippen LogP contribution in [0.1, 0.15) is 39.5 Å². The number of epoxide rings is 1. The predicted octanol–water partition coefficient (Wildman–Crippen LogP) is 2.17. The van der Waals surface area contributed by atoms with Crippen molar-refractivity contribution in [2.24, 2.45) is 17.3 Å². The Morgan fingerprint density at radius 1 is 1.43 bits per heavy atom. The Kier molecular flexibility index (Phi) is 1.53. The van der Waals surface area contributed by atoms with Crippen LogP contribution in [0.4, 0.5) is 0 Å². The minimum Gasteiger partial charge on any atom is -0.366 e. The lowest BCUT2D eigenvalue weighted by atomic mass is 9.45. The molecule has 0 spiro atoms. The summed E-state index contributed by atoms with van der Waals surface area (Å²) in [5.41, 5.74) is 0.592. The van der Waals surface area contributed by atoms with Gasteiger partial charge in [-0.15, -0.1) is 0 Å². The van der Waals surface area contributed by atoms with Crippen LogP contribution < -0.4 is 0 Å². The largest absolute Gasteiger partial charge is 0.366 e. The zero-order chi connectivity index (χ0) is 9.97. The zero-order valence-corrected chi connectivity index (χ0v) is 8.95. The van der Waals surface area contributed by atoms with Crippen molar-refractivity contribution in [3.63, 3.8) is 0 Å². The van der Waals surface area contributed by atoms with Gasteiger partial charge in [-0.3, -0.25) is 0 Å². The summed E-state index contributed by atoms with van der Waals surface area (Å²) in [7, 11) is 0. The summed E-state index contributed by atoms with van der Waals surface area (Å²) < 4.78 is 5.90. The zero-order valence-electron chi connectivity index (χ0n) is 8.95. The molecule has 0 radical (unpaired) electrons. The molecule has 4 fully saturated rings. The Bertz CT molecular complexity index is 284. The van der Waals surface area contributed by atoms with Crippen LogP contribution in [0, 0.1) is 17.3 Å². The summed E-state index contributed by atoms with van der Waals surface area (Å²) in [5.74, 6) is 1.60. The van der Waals surface area contributed by atoms with E-state index in [0.29, 0.717) is 17.9 Å². The van der Waals surface area contributed by atoms with Crippen LogP contribution in [0.15, 0.2) is 0 Å². The second-order valence-electron chi connectivity index (χ2n) is 5.81. The molecule has 2 nitrogen and oxygen atoms in total. The van der Waals surface area contributed by atoms with Gasteiger partial charge in [0.05, 0.1) is 11.7 Å². The number of carbonyl (C=O) groups excluding carboxylic acids is 1. The lowest BCUT2D eigenvalue weighted by molar-refractivity contribution is -0.110. The Morgan fingerprint density at radius 3 is 2.86 bits per heavy atom. The molecule has 0 N–H and O–H groups in total. The Labute approximate surface area is 85.0 Å². The van der Waals surface area contributed by atoms with Crippen LogP contribution in [0.25, 0.3) is 0 Å². The molecule has 2 bridgehead atoms. The summed E-state index contributed by atoms with van der Waals surface area (Å²) in [6.45, 7) is 4.73. The van der Waals surface area contributed by atoms with Gasteiger partial charge in [0, 0.05) is 6.42 Å². The van der Waals surface area contributed by atoms with Gasteiger partial charge in [0.1, 0.15) is 6.29 Å². The molecule has 78 valence electrons. The fraction of sp³-hybridized carbons (Fsp3) is 0.917. The highest BCUT2D eigenvalue weighted by Crippen LogP contribution is 2.71. The van der Waals surface area contributed by atoms with E-state index in [0.717, 1.165) is 24.5 Å². The van der Waals surface area contributed by atoms with Crippen LogP contribution in [0.3, 0.4) is 0 Å². The van der Waals surface area contributed by atoms with Gasteiger partial charge < -0.3 is 9.53 Å². The number of aldehydes is 1. The minimum absolute atomic E-state index is 0.124. The molecule has 14 heavy (non-hydrogen) atoms. The lowest BCUT2D eigenvalue weighted by Gasteiger charge is -2.58. The predicted molar refractivity (Wildman–Crippen MR) is 52.9 cm³/mol. The molecule has 1 aliphatic heterocycles. The van der Waals surface area contributed by atoms with Crippen LogP contribution >= 0.6 is 0 Å². The third kappa shape index (κ3) is 0.837. The average Bonchev–Trinajstić information content (AvgIpc) is 2.88. The van der Waals surface area contributed by atoms with Crippen molar-refractivity contribution >= 4 is 6.29 Å². The van der Waals surface area contributed by atoms with Gasteiger partial charge in [-0.05, 0) is 36.5 Å². The van der Waals surface area contributed by atoms with Crippen LogP contribution in [-0.4, -0.2) is 18.0 Å². The number of ether oxygens (including phenoxy) is 1. The third-order valence-electron chi connectivity index (χ3n) is 5.06. The quantitative estimate of drug-likeness (QED) is 0.509.